The molecule has 1 fully saturated rings. The molecule has 0 spiro atoms. The van der Waals surface area contributed by atoms with Crippen molar-refractivity contribution in [2.75, 3.05) is 0 Å². The minimum atomic E-state index is -0.211. The molecule has 0 unspecified atom stereocenters. The highest BCUT2D eigenvalue weighted by molar-refractivity contribution is 9.10. The molecule has 1 aliphatic rings. The van der Waals surface area contributed by atoms with Crippen molar-refractivity contribution in [3.8, 4) is 5.69 Å². The van der Waals surface area contributed by atoms with Crippen molar-refractivity contribution < 1.29 is 4.79 Å². The lowest BCUT2D eigenvalue weighted by atomic mass is 10.3. The molecule has 0 atom stereocenters. The average Bonchev–Trinajstić information content (AvgIpc) is 2.97. The maximum Gasteiger partial charge on any atom is 0.273 e. The summed E-state index contributed by atoms with van der Waals surface area (Å²) in [4.78, 5) is 11.7. The van der Waals surface area contributed by atoms with Crippen LogP contribution in [-0.4, -0.2) is 15.6 Å². The van der Waals surface area contributed by atoms with Crippen LogP contribution < -0.4 is 10.6 Å². The fraction of sp³-hybridized carbons (Fsp3) is 0. The Morgan fingerprint density at radius 1 is 1.20 bits per heavy atom. The first-order chi connectivity index (χ1) is 9.63. The third-order valence-electron chi connectivity index (χ3n) is 2.88. The topological polar surface area (TPSA) is 46.1 Å². The Morgan fingerprint density at radius 3 is 2.75 bits per heavy atom. The lowest BCUT2D eigenvalue weighted by Crippen LogP contribution is -2.21. The molecule has 1 saturated heterocycles. The van der Waals surface area contributed by atoms with E-state index in [4.69, 9.17) is 12.2 Å². The Kier molecular flexibility index (Phi) is 3.42. The molecule has 0 aliphatic carbocycles. The van der Waals surface area contributed by atoms with Gasteiger partial charge < -0.3 is 9.88 Å². The molecule has 1 aliphatic heterocycles. The molecule has 1 aromatic heterocycles. The van der Waals surface area contributed by atoms with Gasteiger partial charge in [-0.05, 0) is 48.6 Å². The van der Waals surface area contributed by atoms with Gasteiger partial charge in [-0.2, -0.15) is 0 Å². The van der Waals surface area contributed by atoms with E-state index in [-0.39, 0.29) is 5.91 Å². The number of hydrogen-bond donors (Lipinski definition) is 2. The third kappa shape index (κ3) is 2.52. The number of carbonyl (C=O) groups is 1. The first-order valence-electron chi connectivity index (χ1n) is 5.91. The minimum absolute atomic E-state index is 0.211. The van der Waals surface area contributed by atoms with Crippen molar-refractivity contribution in [2.45, 2.75) is 0 Å². The second-order valence-corrected chi connectivity index (χ2v) is 5.57. The second kappa shape index (κ2) is 5.22. The van der Waals surface area contributed by atoms with E-state index < -0.39 is 0 Å². The van der Waals surface area contributed by atoms with E-state index in [9.17, 15) is 4.79 Å². The number of amides is 1. The van der Waals surface area contributed by atoms with Crippen LogP contribution in [0.4, 0.5) is 0 Å². The molecule has 2 heterocycles. The number of nitrogens with zero attached hydrogens (tertiary/aromatic N) is 1. The summed E-state index contributed by atoms with van der Waals surface area (Å²) in [7, 11) is 0. The molecule has 100 valence electrons. The first-order valence-corrected chi connectivity index (χ1v) is 7.11. The van der Waals surface area contributed by atoms with Crippen LogP contribution in [-0.2, 0) is 4.79 Å². The third-order valence-corrected chi connectivity index (χ3v) is 3.58. The van der Waals surface area contributed by atoms with E-state index >= 15 is 0 Å². The van der Waals surface area contributed by atoms with Crippen molar-refractivity contribution >= 4 is 45.2 Å². The summed E-state index contributed by atoms with van der Waals surface area (Å²) >= 11 is 8.37. The quantitative estimate of drug-likeness (QED) is 0.648. The van der Waals surface area contributed by atoms with Gasteiger partial charge in [-0.3, -0.25) is 10.1 Å². The summed E-state index contributed by atoms with van der Waals surface area (Å²) in [6.07, 6.45) is 3.72. The Balaban J connectivity index is 2.01. The average molecular weight is 348 g/mol. The molecular weight excluding hydrogens is 338 g/mol. The number of halogens is 1. The van der Waals surface area contributed by atoms with Crippen molar-refractivity contribution in [1.82, 2.24) is 15.2 Å². The molecule has 1 aromatic carbocycles. The van der Waals surface area contributed by atoms with Gasteiger partial charge in [0.05, 0.1) is 0 Å². The normalized spacial score (nSPS) is 16.4. The van der Waals surface area contributed by atoms with Crippen molar-refractivity contribution in [3.63, 3.8) is 0 Å². The molecule has 0 radical (unpaired) electrons. The minimum Gasteiger partial charge on any atom is -0.328 e. The number of nitrogens with one attached hydrogen (secondary N) is 2. The standard InChI is InChI=1S/C14H10BrN3OS/c15-9-3-1-4-10(7-9)18-6-2-5-11(18)8-12-13(19)17-14(20)16-12/h1-8H,(H2,16,17,19,20)/b12-8+. The molecular formula is C14H10BrN3OS. The van der Waals surface area contributed by atoms with Crippen LogP contribution in [0.2, 0.25) is 0 Å². The summed E-state index contributed by atoms with van der Waals surface area (Å²) in [5.74, 6) is -0.211. The summed E-state index contributed by atoms with van der Waals surface area (Å²) in [5, 5.41) is 5.72. The maximum atomic E-state index is 11.7. The smallest absolute Gasteiger partial charge is 0.273 e. The van der Waals surface area contributed by atoms with Crippen LogP contribution >= 0.6 is 28.1 Å². The molecule has 1 amide bonds. The van der Waals surface area contributed by atoms with Gasteiger partial charge in [0.2, 0.25) is 0 Å². The van der Waals surface area contributed by atoms with Crippen LogP contribution in [0.15, 0.2) is 52.8 Å². The molecule has 2 aromatic rings. The summed E-state index contributed by atoms with van der Waals surface area (Å²) in [6, 6.07) is 11.8. The van der Waals surface area contributed by atoms with Crippen molar-refractivity contribution in [3.05, 3.63) is 58.5 Å². The van der Waals surface area contributed by atoms with Gasteiger partial charge in [0.1, 0.15) is 5.70 Å². The highest BCUT2D eigenvalue weighted by atomic mass is 79.9. The predicted octanol–water partition coefficient (Wildman–Crippen LogP) is 2.59. The van der Waals surface area contributed by atoms with E-state index in [1.807, 2.05) is 47.2 Å². The van der Waals surface area contributed by atoms with Gasteiger partial charge in [0, 0.05) is 22.1 Å². The zero-order chi connectivity index (χ0) is 14.1. The van der Waals surface area contributed by atoms with Crippen LogP contribution in [0.5, 0.6) is 0 Å². The summed E-state index contributed by atoms with van der Waals surface area (Å²) < 4.78 is 2.99. The zero-order valence-corrected chi connectivity index (χ0v) is 12.7. The Bertz CT molecular complexity index is 736. The van der Waals surface area contributed by atoms with Gasteiger partial charge in [-0.1, -0.05) is 22.0 Å². The highest BCUT2D eigenvalue weighted by Crippen LogP contribution is 2.19. The molecule has 3 rings (SSSR count). The number of rotatable bonds is 2. The Labute approximate surface area is 129 Å². The summed E-state index contributed by atoms with van der Waals surface area (Å²) in [6.45, 7) is 0. The fourth-order valence-electron chi connectivity index (χ4n) is 2.00. The molecule has 20 heavy (non-hydrogen) atoms. The fourth-order valence-corrected chi connectivity index (χ4v) is 2.59. The number of hydrogen-bond acceptors (Lipinski definition) is 2. The Morgan fingerprint density at radius 2 is 2.05 bits per heavy atom. The van der Waals surface area contributed by atoms with E-state index in [1.165, 1.54) is 0 Å². The van der Waals surface area contributed by atoms with Crippen molar-refractivity contribution in [2.24, 2.45) is 0 Å². The number of aromatic nitrogens is 1. The van der Waals surface area contributed by atoms with E-state index in [2.05, 4.69) is 26.6 Å². The molecule has 0 bridgehead atoms. The van der Waals surface area contributed by atoms with Crippen molar-refractivity contribution in [1.29, 1.82) is 0 Å². The zero-order valence-electron chi connectivity index (χ0n) is 10.3. The maximum absolute atomic E-state index is 11.7. The Hall–Kier alpha value is -1.92. The van der Waals surface area contributed by atoms with Crippen LogP contribution in [0.1, 0.15) is 5.69 Å². The van der Waals surface area contributed by atoms with Gasteiger partial charge in [-0.15, -0.1) is 0 Å². The van der Waals surface area contributed by atoms with Gasteiger partial charge in [0.25, 0.3) is 5.91 Å². The molecule has 4 nitrogen and oxygen atoms in total. The van der Waals surface area contributed by atoms with Gasteiger partial charge >= 0.3 is 0 Å². The van der Waals surface area contributed by atoms with E-state index in [0.717, 1.165) is 15.9 Å². The predicted molar refractivity (Wildman–Crippen MR) is 85.3 cm³/mol. The van der Waals surface area contributed by atoms with Gasteiger partial charge in [0.15, 0.2) is 5.11 Å². The number of thiocarbonyl (C=S) groups is 1. The van der Waals surface area contributed by atoms with Gasteiger partial charge in [-0.25, -0.2) is 0 Å². The molecule has 0 saturated carbocycles. The monoisotopic (exact) mass is 347 g/mol. The lowest BCUT2D eigenvalue weighted by Gasteiger charge is -2.07. The van der Waals surface area contributed by atoms with E-state index in [0.29, 0.717) is 10.8 Å². The lowest BCUT2D eigenvalue weighted by molar-refractivity contribution is -0.115. The first kappa shape index (κ1) is 13.1. The summed E-state index contributed by atoms with van der Waals surface area (Å²) in [5.41, 5.74) is 2.35. The van der Waals surface area contributed by atoms with Crippen LogP contribution in [0, 0.1) is 0 Å². The largest absolute Gasteiger partial charge is 0.328 e. The second-order valence-electron chi connectivity index (χ2n) is 4.25. The number of carbonyl (C=O) groups excluding carboxylic acids is 1. The van der Waals surface area contributed by atoms with Crippen LogP contribution in [0.3, 0.4) is 0 Å². The molecule has 2 N–H and O–H groups in total. The molecule has 6 heteroatoms. The van der Waals surface area contributed by atoms with Crippen LogP contribution in [0.25, 0.3) is 11.8 Å². The number of benzene rings is 1. The highest BCUT2D eigenvalue weighted by Gasteiger charge is 2.20. The van der Waals surface area contributed by atoms with E-state index in [1.54, 1.807) is 6.08 Å². The SMILES string of the molecule is O=C1NC(=S)N/C1=C/c1cccn1-c1cccc(Br)c1.